The van der Waals surface area contributed by atoms with E-state index in [4.69, 9.17) is 4.74 Å². The van der Waals surface area contributed by atoms with Crippen LogP contribution in [0.3, 0.4) is 0 Å². The molecule has 2 aromatic heterocycles. The number of halogens is 1. The molecule has 0 atom stereocenters. The van der Waals surface area contributed by atoms with Crippen LogP contribution < -0.4 is 5.56 Å². The Hall–Kier alpha value is -3.51. The van der Waals surface area contributed by atoms with Gasteiger partial charge in [0.15, 0.2) is 0 Å². The van der Waals surface area contributed by atoms with E-state index in [0.717, 1.165) is 11.3 Å². The number of carbonyl (C=O) groups is 1. The number of nitrogens with one attached hydrogen (secondary N) is 1. The number of hydrogen-bond acceptors (Lipinski definition) is 6. The van der Waals surface area contributed by atoms with Gasteiger partial charge < -0.3 is 4.74 Å². The van der Waals surface area contributed by atoms with E-state index in [1.165, 1.54) is 35.2 Å². The molecule has 9 heteroatoms. The van der Waals surface area contributed by atoms with E-state index in [2.05, 4.69) is 10.1 Å². The molecule has 29 heavy (non-hydrogen) atoms. The molecule has 0 bridgehead atoms. The molecule has 0 saturated heterocycles. The van der Waals surface area contributed by atoms with Gasteiger partial charge in [-0.25, -0.2) is 18.9 Å². The van der Waals surface area contributed by atoms with Crippen molar-refractivity contribution >= 4 is 28.5 Å². The summed E-state index contributed by atoms with van der Waals surface area (Å²) in [5.41, 5.74) is 1.73. The topological polar surface area (TPSA) is 100 Å². The van der Waals surface area contributed by atoms with Gasteiger partial charge in [0.2, 0.25) is 0 Å². The van der Waals surface area contributed by atoms with Crippen molar-refractivity contribution in [1.82, 2.24) is 9.78 Å². The van der Waals surface area contributed by atoms with Crippen molar-refractivity contribution in [2.75, 3.05) is 6.61 Å². The summed E-state index contributed by atoms with van der Waals surface area (Å²) in [5.74, 6) is -0.911. The van der Waals surface area contributed by atoms with Crippen LogP contribution in [0.5, 0.6) is 0 Å². The van der Waals surface area contributed by atoms with Gasteiger partial charge in [-0.05, 0) is 50.6 Å². The Kier molecular flexibility index (Phi) is 5.75. The van der Waals surface area contributed by atoms with Gasteiger partial charge in [0.25, 0.3) is 5.56 Å². The number of esters is 1. The number of H-pyrrole nitrogens is 1. The van der Waals surface area contributed by atoms with Crippen molar-refractivity contribution in [3.05, 3.63) is 67.7 Å². The van der Waals surface area contributed by atoms with Crippen LogP contribution in [0.15, 0.2) is 34.1 Å². The first-order valence-corrected chi connectivity index (χ1v) is 9.51. The summed E-state index contributed by atoms with van der Waals surface area (Å²) in [6.45, 7) is 5.29. The van der Waals surface area contributed by atoms with Crippen LogP contribution in [-0.2, 0) is 4.74 Å². The molecule has 0 saturated carbocycles. The standard InChI is InChI=1S/C20H17FN4O3S/c1-4-28-20(27)17-11(2)15(9-22)18(29-17)23-10-16-12(3)24-25(19(16)26)14-7-5-13(21)6-8-14/h5-8,10,24H,4H2,1-3H3. The smallest absolute Gasteiger partial charge is 0.348 e. The Labute approximate surface area is 169 Å². The van der Waals surface area contributed by atoms with Crippen molar-refractivity contribution in [2.24, 2.45) is 4.99 Å². The van der Waals surface area contributed by atoms with E-state index in [0.29, 0.717) is 32.4 Å². The van der Waals surface area contributed by atoms with Crippen molar-refractivity contribution < 1.29 is 13.9 Å². The number of nitrogens with zero attached hydrogens (tertiary/aromatic N) is 3. The highest BCUT2D eigenvalue weighted by molar-refractivity contribution is 7.18. The third kappa shape index (κ3) is 3.88. The van der Waals surface area contributed by atoms with Gasteiger partial charge in [0.1, 0.15) is 21.8 Å². The number of aryl methyl sites for hydroxylation is 1. The summed E-state index contributed by atoms with van der Waals surface area (Å²) in [6.07, 6.45) is 1.36. The first-order chi connectivity index (χ1) is 13.9. The highest BCUT2D eigenvalue weighted by Crippen LogP contribution is 2.35. The number of carbonyl (C=O) groups excluding carboxylic acids is 1. The molecule has 0 unspecified atom stereocenters. The minimum Gasteiger partial charge on any atom is -0.462 e. The summed E-state index contributed by atoms with van der Waals surface area (Å²) in [4.78, 5) is 29.4. The van der Waals surface area contributed by atoms with E-state index in [1.807, 2.05) is 6.07 Å². The summed E-state index contributed by atoms with van der Waals surface area (Å²) in [6, 6.07) is 7.53. The van der Waals surface area contributed by atoms with Crippen LogP contribution in [0.25, 0.3) is 5.69 Å². The molecule has 3 rings (SSSR count). The summed E-state index contributed by atoms with van der Waals surface area (Å²) >= 11 is 1.04. The minimum absolute atomic E-state index is 0.224. The normalized spacial score (nSPS) is 11.0. The Morgan fingerprint density at radius 3 is 2.69 bits per heavy atom. The molecular weight excluding hydrogens is 395 g/mol. The number of thiophene rings is 1. The van der Waals surface area contributed by atoms with E-state index >= 15 is 0 Å². The van der Waals surface area contributed by atoms with E-state index in [9.17, 15) is 19.2 Å². The maximum absolute atomic E-state index is 13.1. The lowest BCUT2D eigenvalue weighted by Gasteiger charge is -2.00. The molecule has 148 valence electrons. The molecule has 0 spiro atoms. The highest BCUT2D eigenvalue weighted by Gasteiger charge is 2.21. The van der Waals surface area contributed by atoms with Crippen LogP contribution in [0.2, 0.25) is 0 Å². The average Bonchev–Trinajstić information content (AvgIpc) is 3.16. The Morgan fingerprint density at radius 2 is 2.07 bits per heavy atom. The Morgan fingerprint density at radius 1 is 1.38 bits per heavy atom. The quantitative estimate of drug-likeness (QED) is 0.509. The molecule has 0 fully saturated rings. The van der Waals surface area contributed by atoms with E-state index in [1.54, 1.807) is 20.8 Å². The van der Waals surface area contributed by atoms with Crippen molar-refractivity contribution in [2.45, 2.75) is 20.8 Å². The molecule has 0 aliphatic rings. The monoisotopic (exact) mass is 412 g/mol. The fourth-order valence-corrected chi connectivity index (χ4v) is 3.72. The fourth-order valence-electron chi connectivity index (χ4n) is 2.72. The zero-order valence-corrected chi connectivity index (χ0v) is 16.8. The van der Waals surface area contributed by atoms with Gasteiger partial charge in [-0.1, -0.05) is 0 Å². The lowest BCUT2D eigenvalue weighted by Crippen LogP contribution is -2.17. The maximum Gasteiger partial charge on any atom is 0.348 e. The number of rotatable bonds is 5. The molecule has 0 amide bonds. The van der Waals surface area contributed by atoms with Gasteiger partial charge in [0, 0.05) is 11.9 Å². The third-order valence-corrected chi connectivity index (χ3v) is 5.39. The second kappa shape index (κ2) is 8.24. The van der Waals surface area contributed by atoms with Crippen molar-refractivity contribution in [3.63, 3.8) is 0 Å². The number of nitriles is 1. The molecule has 3 aromatic rings. The Balaban J connectivity index is 2.00. The lowest BCUT2D eigenvalue weighted by atomic mass is 10.2. The van der Waals surface area contributed by atoms with Crippen LogP contribution >= 0.6 is 11.3 Å². The average molecular weight is 412 g/mol. The number of aliphatic imine (C=N–C) groups is 1. The van der Waals surface area contributed by atoms with E-state index in [-0.39, 0.29) is 17.7 Å². The molecule has 0 aliphatic carbocycles. The predicted octanol–water partition coefficient (Wildman–Crippen LogP) is 3.78. The molecule has 0 aliphatic heterocycles. The third-order valence-electron chi connectivity index (χ3n) is 4.21. The first-order valence-electron chi connectivity index (χ1n) is 8.69. The van der Waals surface area contributed by atoms with E-state index < -0.39 is 11.8 Å². The van der Waals surface area contributed by atoms with Crippen LogP contribution in [0.1, 0.15) is 39.0 Å². The number of benzene rings is 1. The van der Waals surface area contributed by atoms with Gasteiger partial charge in [-0.3, -0.25) is 9.89 Å². The molecule has 2 heterocycles. The van der Waals surface area contributed by atoms with Crippen molar-refractivity contribution in [1.29, 1.82) is 5.26 Å². The van der Waals surface area contributed by atoms with Gasteiger partial charge >= 0.3 is 5.97 Å². The maximum atomic E-state index is 13.1. The zero-order valence-electron chi connectivity index (χ0n) is 15.9. The molecular formula is C20H17FN4O3S. The second-order valence-corrected chi connectivity index (χ2v) is 7.09. The van der Waals surface area contributed by atoms with Crippen LogP contribution in [0, 0.1) is 31.0 Å². The van der Waals surface area contributed by atoms with Crippen LogP contribution in [0.4, 0.5) is 9.39 Å². The summed E-state index contributed by atoms with van der Waals surface area (Å²) < 4.78 is 19.4. The summed E-state index contributed by atoms with van der Waals surface area (Å²) in [7, 11) is 0. The highest BCUT2D eigenvalue weighted by atomic mass is 32.1. The van der Waals surface area contributed by atoms with Gasteiger partial charge in [-0.2, -0.15) is 5.26 Å². The summed E-state index contributed by atoms with van der Waals surface area (Å²) in [5, 5.41) is 12.7. The molecule has 1 N–H and O–H groups in total. The number of ether oxygens (including phenoxy) is 1. The minimum atomic E-state index is -0.510. The first kappa shape index (κ1) is 20.2. The number of aromatic nitrogens is 2. The fraction of sp³-hybridized carbons (Fsp3) is 0.200. The second-order valence-electron chi connectivity index (χ2n) is 6.09. The molecule has 1 aromatic carbocycles. The Bertz CT molecular complexity index is 1200. The number of hydrogen-bond donors (Lipinski definition) is 1. The SMILES string of the molecule is CCOC(=O)c1sc(N=Cc2c(C)[nH]n(-c3ccc(F)cc3)c2=O)c(C#N)c1C. The van der Waals surface area contributed by atoms with Gasteiger partial charge in [-0.15, -0.1) is 11.3 Å². The number of aromatic amines is 1. The zero-order chi connectivity index (χ0) is 21.1. The lowest BCUT2D eigenvalue weighted by molar-refractivity contribution is 0.0531. The molecule has 7 nitrogen and oxygen atoms in total. The van der Waals surface area contributed by atoms with Crippen molar-refractivity contribution in [3.8, 4) is 11.8 Å². The molecule has 0 radical (unpaired) electrons. The largest absolute Gasteiger partial charge is 0.462 e. The predicted molar refractivity (Wildman–Crippen MR) is 108 cm³/mol. The van der Waals surface area contributed by atoms with Crippen LogP contribution in [-0.4, -0.2) is 28.6 Å². The van der Waals surface area contributed by atoms with Gasteiger partial charge in [0.05, 0.1) is 23.4 Å².